The van der Waals surface area contributed by atoms with Crippen LogP contribution in [0.3, 0.4) is 0 Å². The zero-order valence-corrected chi connectivity index (χ0v) is 13.0. The molecule has 1 aromatic carbocycles. The molecule has 3 unspecified atom stereocenters. The van der Waals surface area contributed by atoms with Crippen molar-refractivity contribution in [3.8, 4) is 0 Å². The van der Waals surface area contributed by atoms with Crippen LogP contribution < -0.4 is 0 Å². The van der Waals surface area contributed by atoms with E-state index >= 15 is 0 Å². The zero-order chi connectivity index (χ0) is 15.9. The summed E-state index contributed by atoms with van der Waals surface area (Å²) in [7, 11) is 0. The molecule has 1 amide bonds. The summed E-state index contributed by atoms with van der Waals surface area (Å²) in [5, 5.41) is 18.1. The smallest absolute Gasteiger partial charge is 0.410 e. The van der Waals surface area contributed by atoms with E-state index in [-0.39, 0.29) is 18.6 Å². The number of hydrogen-bond donors (Lipinski definition) is 2. The molecule has 1 saturated heterocycles. The molecule has 0 bridgehead atoms. The quantitative estimate of drug-likeness (QED) is 0.874. The van der Waals surface area contributed by atoms with E-state index in [4.69, 9.17) is 9.84 Å². The molecular weight excluding hydrogens is 282 g/mol. The molecule has 1 aromatic rings. The van der Waals surface area contributed by atoms with Gasteiger partial charge in [-0.3, -0.25) is 0 Å². The monoisotopic (exact) mass is 307 g/mol. The SMILES string of the molecule is CC(c1ccccc1)C1CCCCN1C(=O)OCC(O)CO. The fraction of sp³-hybridized carbons (Fsp3) is 0.588. The summed E-state index contributed by atoms with van der Waals surface area (Å²) in [6, 6.07) is 10.3. The summed E-state index contributed by atoms with van der Waals surface area (Å²) < 4.78 is 5.13. The van der Waals surface area contributed by atoms with Gasteiger partial charge >= 0.3 is 6.09 Å². The highest BCUT2D eigenvalue weighted by Gasteiger charge is 2.32. The van der Waals surface area contributed by atoms with Gasteiger partial charge < -0.3 is 19.8 Å². The third-order valence-corrected chi connectivity index (χ3v) is 4.30. The predicted octanol–water partition coefficient (Wildman–Crippen LogP) is 2.13. The second kappa shape index (κ2) is 8.15. The Bertz CT molecular complexity index is 465. The van der Waals surface area contributed by atoms with Gasteiger partial charge in [-0.15, -0.1) is 0 Å². The van der Waals surface area contributed by atoms with Crippen LogP contribution >= 0.6 is 0 Å². The zero-order valence-electron chi connectivity index (χ0n) is 13.0. The first kappa shape index (κ1) is 16.8. The number of carbonyl (C=O) groups excluding carboxylic acids is 1. The molecule has 0 aromatic heterocycles. The van der Waals surface area contributed by atoms with Crippen molar-refractivity contribution >= 4 is 6.09 Å². The molecule has 0 saturated carbocycles. The molecule has 22 heavy (non-hydrogen) atoms. The molecule has 0 radical (unpaired) electrons. The van der Waals surface area contributed by atoms with Crippen LogP contribution in [-0.2, 0) is 4.74 Å². The van der Waals surface area contributed by atoms with Crippen molar-refractivity contribution in [2.75, 3.05) is 19.8 Å². The molecule has 0 aliphatic carbocycles. The average molecular weight is 307 g/mol. The molecule has 1 aliphatic heterocycles. The van der Waals surface area contributed by atoms with E-state index in [9.17, 15) is 9.90 Å². The van der Waals surface area contributed by atoms with Crippen LogP contribution in [0.4, 0.5) is 4.79 Å². The van der Waals surface area contributed by atoms with Crippen LogP contribution in [0.15, 0.2) is 30.3 Å². The number of aliphatic hydroxyl groups is 2. The Morgan fingerprint density at radius 3 is 2.77 bits per heavy atom. The number of benzene rings is 1. The second-order valence-corrected chi connectivity index (χ2v) is 5.87. The fourth-order valence-electron chi connectivity index (χ4n) is 2.99. The first-order valence-electron chi connectivity index (χ1n) is 7.90. The van der Waals surface area contributed by atoms with Crippen molar-refractivity contribution in [2.45, 2.75) is 44.2 Å². The van der Waals surface area contributed by atoms with Crippen LogP contribution in [0, 0.1) is 0 Å². The minimum absolute atomic E-state index is 0.106. The molecule has 0 spiro atoms. The van der Waals surface area contributed by atoms with E-state index in [0.717, 1.165) is 19.3 Å². The van der Waals surface area contributed by atoms with Crippen LogP contribution in [0.2, 0.25) is 0 Å². The van der Waals surface area contributed by atoms with E-state index in [2.05, 4.69) is 19.1 Å². The Kier molecular flexibility index (Phi) is 6.21. The third-order valence-electron chi connectivity index (χ3n) is 4.30. The maximum absolute atomic E-state index is 12.3. The maximum atomic E-state index is 12.3. The van der Waals surface area contributed by atoms with Crippen molar-refractivity contribution in [2.24, 2.45) is 0 Å². The van der Waals surface area contributed by atoms with Crippen LogP contribution in [0.1, 0.15) is 37.7 Å². The van der Waals surface area contributed by atoms with Gasteiger partial charge in [-0.05, 0) is 24.8 Å². The lowest BCUT2D eigenvalue weighted by molar-refractivity contribution is 0.00986. The van der Waals surface area contributed by atoms with Gasteiger partial charge in [-0.25, -0.2) is 4.79 Å². The standard InChI is InChI=1S/C17H25NO4/c1-13(14-7-3-2-4-8-14)16-9-5-6-10-18(16)17(21)22-12-15(20)11-19/h2-4,7-8,13,15-16,19-20H,5-6,9-12H2,1H3. The molecule has 2 rings (SSSR count). The first-order valence-corrected chi connectivity index (χ1v) is 7.90. The van der Waals surface area contributed by atoms with E-state index in [1.165, 1.54) is 5.56 Å². The maximum Gasteiger partial charge on any atom is 0.410 e. The lowest BCUT2D eigenvalue weighted by Gasteiger charge is -2.38. The van der Waals surface area contributed by atoms with Gasteiger partial charge in [-0.1, -0.05) is 37.3 Å². The van der Waals surface area contributed by atoms with Gasteiger partial charge in [0.05, 0.1) is 6.61 Å². The van der Waals surface area contributed by atoms with Crippen LogP contribution in [-0.4, -0.2) is 53.1 Å². The molecule has 1 fully saturated rings. The number of carbonyl (C=O) groups is 1. The Labute approximate surface area is 131 Å². The summed E-state index contributed by atoms with van der Waals surface area (Å²) >= 11 is 0. The topological polar surface area (TPSA) is 70.0 Å². The van der Waals surface area contributed by atoms with Gasteiger partial charge in [0.25, 0.3) is 0 Å². The first-order chi connectivity index (χ1) is 10.6. The van der Waals surface area contributed by atoms with Gasteiger partial charge in [0.2, 0.25) is 0 Å². The summed E-state index contributed by atoms with van der Waals surface area (Å²) in [5.74, 6) is 0.233. The summed E-state index contributed by atoms with van der Waals surface area (Å²) in [4.78, 5) is 14.0. The van der Waals surface area contributed by atoms with Gasteiger partial charge in [0, 0.05) is 18.5 Å². The molecule has 122 valence electrons. The number of aliphatic hydroxyl groups excluding tert-OH is 2. The van der Waals surface area contributed by atoms with Crippen molar-refractivity contribution in [1.82, 2.24) is 4.90 Å². The van der Waals surface area contributed by atoms with Gasteiger partial charge in [-0.2, -0.15) is 0 Å². The minimum atomic E-state index is -1.02. The Balaban J connectivity index is 2.03. The number of ether oxygens (including phenoxy) is 1. The van der Waals surface area contributed by atoms with E-state index in [0.29, 0.717) is 6.54 Å². The molecular formula is C17H25NO4. The van der Waals surface area contributed by atoms with E-state index in [1.807, 2.05) is 18.2 Å². The number of hydrogen-bond acceptors (Lipinski definition) is 4. The average Bonchev–Trinajstić information content (AvgIpc) is 2.59. The number of rotatable bonds is 5. The summed E-state index contributed by atoms with van der Waals surface area (Å²) in [6.45, 7) is 2.24. The number of likely N-dealkylation sites (tertiary alicyclic amines) is 1. The predicted molar refractivity (Wildman–Crippen MR) is 83.6 cm³/mol. The molecule has 2 N–H and O–H groups in total. The van der Waals surface area contributed by atoms with Crippen LogP contribution in [0.5, 0.6) is 0 Å². The highest BCUT2D eigenvalue weighted by Crippen LogP contribution is 2.30. The molecule has 3 atom stereocenters. The van der Waals surface area contributed by atoms with E-state index < -0.39 is 18.8 Å². The molecule has 5 heteroatoms. The van der Waals surface area contributed by atoms with Crippen molar-refractivity contribution in [1.29, 1.82) is 0 Å². The highest BCUT2D eigenvalue weighted by molar-refractivity contribution is 5.68. The Morgan fingerprint density at radius 2 is 2.09 bits per heavy atom. The van der Waals surface area contributed by atoms with Crippen molar-refractivity contribution in [3.05, 3.63) is 35.9 Å². The molecule has 1 aliphatic rings. The van der Waals surface area contributed by atoms with Crippen molar-refractivity contribution in [3.63, 3.8) is 0 Å². The third kappa shape index (κ3) is 4.21. The largest absolute Gasteiger partial charge is 0.447 e. The Hall–Kier alpha value is -1.59. The number of nitrogens with zero attached hydrogens (tertiary/aromatic N) is 1. The summed E-state index contributed by atoms with van der Waals surface area (Å²) in [6.07, 6.45) is 1.60. The van der Waals surface area contributed by atoms with E-state index in [1.54, 1.807) is 4.90 Å². The van der Waals surface area contributed by atoms with Gasteiger partial charge in [0.1, 0.15) is 12.7 Å². The second-order valence-electron chi connectivity index (χ2n) is 5.87. The van der Waals surface area contributed by atoms with Gasteiger partial charge in [0.15, 0.2) is 0 Å². The fourth-order valence-corrected chi connectivity index (χ4v) is 2.99. The summed E-state index contributed by atoms with van der Waals surface area (Å²) in [5.41, 5.74) is 1.21. The highest BCUT2D eigenvalue weighted by atomic mass is 16.6. The lowest BCUT2D eigenvalue weighted by Crippen LogP contribution is -2.47. The minimum Gasteiger partial charge on any atom is -0.447 e. The molecule has 1 heterocycles. The Morgan fingerprint density at radius 1 is 1.36 bits per heavy atom. The lowest BCUT2D eigenvalue weighted by atomic mass is 9.87. The molecule has 5 nitrogen and oxygen atoms in total. The van der Waals surface area contributed by atoms with Crippen LogP contribution in [0.25, 0.3) is 0 Å². The normalized spacial score (nSPS) is 21.2. The number of piperidine rings is 1. The van der Waals surface area contributed by atoms with Crippen molar-refractivity contribution < 1.29 is 19.7 Å². The number of amides is 1.